The van der Waals surface area contributed by atoms with E-state index in [9.17, 15) is 0 Å². The van der Waals surface area contributed by atoms with Crippen LogP contribution in [0.15, 0.2) is 0 Å². The number of fused-ring (bicyclic) bond motifs is 1. The molecule has 0 radical (unpaired) electrons. The summed E-state index contributed by atoms with van der Waals surface area (Å²) in [5, 5.41) is 11.1. The van der Waals surface area contributed by atoms with E-state index in [4.69, 9.17) is 5.41 Å². The highest BCUT2D eigenvalue weighted by Crippen LogP contribution is 2.09. The average molecular weight is 178 g/mol. The van der Waals surface area contributed by atoms with Crippen LogP contribution in [-0.2, 0) is 6.54 Å². The van der Waals surface area contributed by atoms with E-state index >= 15 is 0 Å². The van der Waals surface area contributed by atoms with E-state index in [2.05, 4.69) is 10.3 Å². The third kappa shape index (κ3) is 1.22. The van der Waals surface area contributed by atoms with Crippen molar-refractivity contribution in [2.75, 3.05) is 11.9 Å². The molecule has 0 fully saturated rings. The first-order chi connectivity index (χ1) is 6.20. The first-order valence-corrected chi connectivity index (χ1v) is 4.56. The first-order valence-electron chi connectivity index (χ1n) is 4.56. The smallest absolute Gasteiger partial charge is 0.204 e. The van der Waals surface area contributed by atoms with Gasteiger partial charge in [0.05, 0.1) is 0 Å². The molecule has 1 aliphatic rings. The molecule has 0 bridgehead atoms. The van der Waals surface area contributed by atoms with Gasteiger partial charge in [0.2, 0.25) is 5.95 Å². The standard InChI is InChI=1S/C9H14N4/c1-6-7(2)12-9-11-4-3-5-13(9)8(6)10/h10H,3-5H2,1-2H3,(H,11,12). The second-order valence-corrected chi connectivity index (χ2v) is 3.43. The zero-order chi connectivity index (χ0) is 9.42. The van der Waals surface area contributed by atoms with Crippen molar-refractivity contribution >= 4 is 5.95 Å². The van der Waals surface area contributed by atoms with Crippen LogP contribution in [0.2, 0.25) is 0 Å². The number of nitrogens with one attached hydrogen (secondary N) is 2. The number of hydrogen-bond acceptors (Lipinski definition) is 3. The average Bonchev–Trinajstić information content (AvgIpc) is 2.15. The van der Waals surface area contributed by atoms with E-state index < -0.39 is 0 Å². The second kappa shape index (κ2) is 2.87. The van der Waals surface area contributed by atoms with Crippen LogP contribution in [0.1, 0.15) is 17.7 Å². The molecule has 2 N–H and O–H groups in total. The lowest BCUT2D eigenvalue weighted by Gasteiger charge is -2.21. The number of aromatic nitrogens is 2. The Morgan fingerprint density at radius 1 is 1.46 bits per heavy atom. The number of rotatable bonds is 0. The van der Waals surface area contributed by atoms with Gasteiger partial charge in [0.15, 0.2) is 0 Å². The van der Waals surface area contributed by atoms with E-state index in [1.165, 1.54) is 0 Å². The molecule has 0 amide bonds. The van der Waals surface area contributed by atoms with Crippen LogP contribution in [0.3, 0.4) is 0 Å². The third-order valence-electron chi connectivity index (χ3n) is 2.54. The number of anilines is 1. The number of hydrogen-bond donors (Lipinski definition) is 2. The molecule has 1 aromatic heterocycles. The van der Waals surface area contributed by atoms with Crippen molar-refractivity contribution in [3.05, 3.63) is 16.7 Å². The maximum Gasteiger partial charge on any atom is 0.204 e. The molecule has 0 aliphatic carbocycles. The summed E-state index contributed by atoms with van der Waals surface area (Å²) < 4.78 is 1.94. The Morgan fingerprint density at radius 2 is 2.23 bits per heavy atom. The minimum absolute atomic E-state index is 0.592. The quantitative estimate of drug-likeness (QED) is 0.617. The normalized spacial score (nSPS) is 14.9. The van der Waals surface area contributed by atoms with Crippen LogP contribution in [-0.4, -0.2) is 16.1 Å². The lowest BCUT2D eigenvalue weighted by molar-refractivity contribution is 0.577. The van der Waals surface area contributed by atoms with Gasteiger partial charge in [-0.05, 0) is 20.3 Å². The Bertz CT molecular complexity index is 391. The molecule has 0 atom stereocenters. The molecule has 4 nitrogen and oxygen atoms in total. The van der Waals surface area contributed by atoms with E-state index in [1.807, 2.05) is 18.4 Å². The van der Waals surface area contributed by atoms with E-state index in [0.717, 1.165) is 36.7 Å². The van der Waals surface area contributed by atoms with Gasteiger partial charge >= 0.3 is 0 Å². The Hall–Kier alpha value is -1.32. The third-order valence-corrected chi connectivity index (χ3v) is 2.54. The molecule has 0 unspecified atom stereocenters. The lowest BCUT2D eigenvalue weighted by atomic mass is 10.2. The second-order valence-electron chi connectivity index (χ2n) is 3.43. The highest BCUT2D eigenvalue weighted by Gasteiger charge is 2.11. The molecule has 2 rings (SSSR count). The number of aryl methyl sites for hydroxylation is 1. The summed E-state index contributed by atoms with van der Waals surface area (Å²) in [4.78, 5) is 4.41. The molecule has 70 valence electrons. The molecule has 13 heavy (non-hydrogen) atoms. The maximum absolute atomic E-state index is 7.90. The molecule has 0 aromatic carbocycles. The van der Waals surface area contributed by atoms with Gasteiger partial charge in [0.25, 0.3) is 0 Å². The van der Waals surface area contributed by atoms with Gasteiger partial charge in [-0.1, -0.05) is 0 Å². The molecule has 1 aliphatic heterocycles. The molecule has 0 spiro atoms. The molecule has 0 saturated heterocycles. The first kappa shape index (κ1) is 8.29. The Labute approximate surface area is 77.1 Å². The largest absolute Gasteiger partial charge is 0.356 e. The highest BCUT2D eigenvalue weighted by molar-refractivity contribution is 5.31. The van der Waals surface area contributed by atoms with Crippen LogP contribution in [0.25, 0.3) is 0 Å². The fourth-order valence-electron chi connectivity index (χ4n) is 1.57. The SMILES string of the molecule is Cc1nc2n(c(=N)c1C)CCCN2. The lowest BCUT2D eigenvalue weighted by Crippen LogP contribution is -2.32. The van der Waals surface area contributed by atoms with Crippen LogP contribution < -0.4 is 10.8 Å². The summed E-state index contributed by atoms with van der Waals surface area (Å²) in [6.07, 6.45) is 1.08. The minimum Gasteiger partial charge on any atom is -0.356 e. The molecule has 1 aromatic rings. The summed E-state index contributed by atoms with van der Waals surface area (Å²) in [6.45, 7) is 5.78. The van der Waals surface area contributed by atoms with Gasteiger partial charge in [0.1, 0.15) is 5.49 Å². The van der Waals surface area contributed by atoms with Crippen molar-refractivity contribution in [3.8, 4) is 0 Å². The van der Waals surface area contributed by atoms with Gasteiger partial charge in [-0.15, -0.1) is 0 Å². The fourth-order valence-corrected chi connectivity index (χ4v) is 1.57. The molecular formula is C9H14N4. The van der Waals surface area contributed by atoms with E-state index in [-0.39, 0.29) is 0 Å². The summed E-state index contributed by atoms with van der Waals surface area (Å²) >= 11 is 0. The van der Waals surface area contributed by atoms with Crippen LogP contribution >= 0.6 is 0 Å². The van der Waals surface area contributed by atoms with Crippen molar-refractivity contribution in [3.63, 3.8) is 0 Å². The van der Waals surface area contributed by atoms with Gasteiger partial charge in [-0.2, -0.15) is 0 Å². The Morgan fingerprint density at radius 3 is 3.00 bits per heavy atom. The fraction of sp³-hybridized carbons (Fsp3) is 0.556. The minimum atomic E-state index is 0.592. The summed E-state index contributed by atoms with van der Waals surface area (Å²) in [6, 6.07) is 0. The van der Waals surface area contributed by atoms with Crippen molar-refractivity contribution in [2.24, 2.45) is 0 Å². The van der Waals surface area contributed by atoms with E-state index in [0.29, 0.717) is 5.49 Å². The van der Waals surface area contributed by atoms with Gasteiger partial charge < -0.3 is 5.32 Å². The zero-order valence-corrected chi connectivity index (χ0v) is 8.02. The van der Waals surface area contributed by atoms with Crippen molar-refractivity contribution < 1.29 is 0 Å². The van der Waals surface area contributed by atoms with Gasteiger partial charge in [-0.3, -0.25) is 9.98 Å². The summed E-state index contributed by atoms with van der Waals surface area (Å²) in [5.41, 5.74) is 2.52. The summed E-state index contributed by atoms with van der Waals surface area (Å²) in [7, 11) is 0. The monoisotopic (exact) mass is 178 g/mol. The predicted octanol–water partition coefficient (Wildman–Crippen LogP) is 0.795. The maximum atomic E-state index is 7.90. The summed E-state index contributed by atoms with van der Waals surface area (Å²) in [5.74, 6) is 0.847. The van der Waals surface area contributed by atoms with Crippen LogP contribution in [0.4, 0.5) is 5.95 Å². The van der Waals surface area contributed by atoms with Crippen molar-refractivity contribution in [2.45, 2.75) is 26.8 Å². The van der Waals surface area contributed by atoms with Crippen LogP contribution in [0, 0.1) is 19.3 Å². The van der Waals surface area contributed by atoms with Gasteiger partial charge in [0, 0.05) is 24.3 Å². The molecule has 2 heterocycles. The Balaban J connectivity index is 2.68. The van der Waals surface area contributed by atoms with Crippen molar-refractivity contribution in [1.82, 2.24) is 9.55 Å². The topological polar surface area (TPSA) is 53.7 Å². The van der Waals surface area contributed by atoms with Gasteiger partial charge in [-0.25, -0.2) is 4.98 Å². The number of nitrogens with zero attached hydrogens (tertiary/aromatic N) is 2. The predicted molar refractivity (Wildman–Crippen MR) is 50.7 cm³/mol. The highest BCUT2D eigenvalue weighted by atomic mass is 15.2. The zero-order valence-electron chi connectivity index (χ0n) is 8.02. The van der Waals surface area contributed by atoms with E-state index in [1.54, 1.807) is 0 Å². The molecular weight excluding hydrogens is 164 g/mol. The molecule has 0 saturated carbocycles. The van der Waals surface area contributed by atoms with Crippen LogP contribution in [0.5, 0.6) is 0 Å². The molecule has 4 heteroatoms. The van der Waals surface area contributed by atoms with Crippen molar-refractivity contribution in [1.29, 1.82) is 5.41 Å². The Kier molecular flexibility index (Phi) is 1.83.